The molecule has 3 aliphatic carbocycles. The van der Waals surface area contributed by atoms with Crippen molar-refractivity contribution in [2.24, 2.45) is 23.2 Å². The van der Waals surface area contributed by atoms with Crippen LogP contribution in [0.15, 0.2) is 30.4 Å². The Morgan fingerprint density at radius 3 is 2.30 bits per heavy atom. The molecule has 0 saturated heterocycles. The first-order chi connectivity index (χ1) is 20.4. The maximum absolute atomic E-state index is 12.9. The predicted molar refractivity (Wildman–Crippen MR) is 166 cm³/mol. The van der Waals surface area contributed by atoms with Crippen molar-refractivity contribution in [2.75, 3.05) is 11.5 Å². The van der Waals surface area contributed by atoms with Gasteiger partial charge in [-0.3, -0.25) is 0 Å². The van der Waals surface area contributed by atoms with Gasteiger partial charge in [-0.15, -0.1) is 0 Å². The molecule has 1 aromatic carbocycles. The van der Waals surface area contributed by atoms with Crippen LogP contribution in [0.1, 0.15) is 120 Å². The van der Waals surface area contributed by atoms with E-state index in [4.69, 9.17) is 0 Å². The minimum atomic E-state index is -5.44. The van der Waals surface area contributed by atoms with E-state index in [9.17, 15) is 32.2 Å². The second kappa shape index (κ2) is 15.3. The van der Waals surface area contributed by atoms with E-state index in [2.05, 4.69) is 25.1 Å². The van der Waals surface area contributed by atoms with E-state index in [1.165, 1.54) is 55.0 Å². The molecule has 0 aliphatic heterocycles. The first kappa shape index (κ1) is 34.6. The molecule has 0 radical (unpaired) electrons. The van der Waals surface area contributed by atoms with Gasteiger partial charge in [0, 0.05) is 6.42 Å². The molecule has 2 fully saturated rings. The van der Waals surface area contributed by atoms with Crippen LogP contribution < -0.4 is 0 Å². The second-order valence-corrected chi connectivity index (χ2v) is 14.9. The Morgan fingerprint density at radius 2 is 1.58 bits per heavy atom. The normalized spacial score (nSPS) is 29.0. The number of aliphatic hydroxyl groups is 1. The van der Waals surface area contributed by atoms with Crippen molar-refractivity contribution >= 4 is 11.8 Å². The first-order valence-electron chi connectivity index (χ1n) is 16.6. The lowest BCUT2D eigenvalue weighted by Crippen LogP contribution is -2.46. The van der Waals surface area contributed by atoms with Crippen LogP contribution in [-0.4, -0.2) is 39.9 Å². The number of unbranched alkanes of at least 4 members (excludes halogenated alkanes) is 8. The summed E-state index contributed by atoms with van der Waals surface area (Å²) in [4.78, 5) is 0. The number of phenols is 1. The van der Waals surface area contributed by atoms with Crippen LogP contribution in [0.5, 0.6) is 5.75 Å². The number of alkyl halides is 5. The predicted octanol–water partition coefficient (Wildman–Crippen LogP) is 10.6. The summed E-state index contributed by atoms with van der Waals surface area (Å²) >= 11 is 1.47. The van der Waals surface area contributed by atoms with Gasteiger partial charge in [0.25, 0.3) is 0 Å². The fourth-order valence-electron chi connectivity index (χ4n) is 8.28. The van der Waals surface area contributed by atoms with Crippen molar-refractivity contribution in [1.82, 2.24) is 0 Å². The highest BCUT2D eigenvalue weighted by molar-refractivity contribution is 7.99. The number of hydrogen-bond acceptors (Lipinski definition) is 3. The van der Waals surface area contributed by atoms with Gasteiger partial charge in [-0.1, -0.05) is 63.7 Å². The number of aromatic hydroxyl groups is 1. The standard InChI is InChI=1S/C35H51F5O2S/c1-33-20-18-29-28-15-14-27(41)24-26(28)23-25(32(29)30(33)16-17-31(33)42)13-10-8-6-4-2-3-5-7-9-11-21-43-22-12-19-34(36,37)35(38,39)40/h10,13-15,24-25,29-32,41-42H,2-9,11-12,16-23H2,1H3/b13-10+/t25?,29?,30?,31-,32?,33-/m0/s1. The van der Waals surface area contributed by atoms with Gasteiger partial charge in [-0.2, -0.15) is 33.7 Å². The topological polar surface area (TPSA) is 40.5 Å². The monoisotopic (exact) mass is 630 g/mol. The summed E-state index contributed by atoms with van der Waals surface area (Å²) in [6.45, 7) is 2.32. The molecule has 2 N–H and O–H groups in total. The van der Waals surface area contributed by atoms with Gasteiger partial charge in [-0.25, -0.2) is 0 Å². The van der Waals surface area contributed by atoms with Crippen LogP contribution in [0.2, 0.25) is 0 Å². The average molecular weight is 631 g/mol. The number of phenolic OH excluding ortho intramolecular Hbond substituents is 1. The van der Waals surface area contributed by atoms with E-state index in [0.29, 0.717) is 35.2 Å². The summed E-state index contributed by atoms with van der Waals surface area (Å²) in [7, 11) is 0. The van der Waals surface area contributed by atoms with Crippen LogP contribution in [0, 0.1) is 23.2 Å². The minimum absolute atomic E-state index is 0.0284. The Bertz CT molecular complexity index is 1040. The SMILES string of the molecule is C[C@]12CCC3c4ccc(O)cc4CC(/C=C/CCCCCCCCCCSCCCC(F)(F)C(F)(F)F)C3C1CC[C@@H]2O. The fourth-order valence-corrected chi connectivity index (χ4v) is 9.24. The number of aliphatic hydroxyl groups excluding tert-OH is 1. The van der Waals surface area contributed by atoms with Crippen molar-refractivity contribution in [3.05, 3.63) is 41.5 Å². The first-order valence-corrected chi connectivity index (χ1v) is 17.8. The molecule has 0 spiro atoms. The summed E-state index contributed by atoms with van der Waals surface area (Å²) in [5, 5.41) is 21.0. The average Bonchev–Trinajstić information content (AvgIpc) is 3.25. The Balaban J connectivity index is 1.09. The van der Waals surface area contributed by atoms with Gasteiger partial charge in [0.1, 0.15) is 5.75 Å². The molecular formula is C35H51F5O2S. The Morgan fingerprint density at radius 1 is 0.907 bits per heavy atom. The molecule has 0 amide bonds. The zero-order valence-electron chi connectivity index (χ0n) is 25.7. The molecule has 0 aromatic heterocycles. The summed E-state index contributed by atoms with van der Waals surface area (Å²) < 4.78 is 62.3. The van der Waals surface area contributed by atoms with Gasteiger partial charge in [-0.05, 0) is 122 Å². The maximum atomic E-state index is 12.9. The van der Waals surface area contributed by atoms with E-state index < -0.39 is 18.5 Å². The Hall–Kier alpha value is -1.28. The maximum Gasteiger partial charge on any atom is 0.453 e. The minimum Gasteiger partial charge on any atom is -0.508 e. The number of hydrogen-bond donors (Lipinski definition) is 2. The number of halogens is 5. The zero-order valence-corrected chi connectivity index (χ0v) is 26.5. The van der Waals surface area contributed by atoms with Crippen molar-refractivity contribution in [2.45, 2.75) is 134 Å². The van der Waals surface area contributed by atoms with Gasteiger partial charge < -0.3 is 10.2 Å². The Kier molecular flexibility index (Phi) is 12.3. The summed E-state index contributed by atoms with van der Waals surface area (Å²) in [6.07, 6.45) is 13.5. The molecule has 0 bridgehead atoms. The molecule has 8 heteroatoms. The van der Waals surface area contributed by atoms with E-state index in [1.807, 2.05) is 12.1 Å². The lowest BCUT2D eigenvalue weighted by atomic mass is 9.52. The summed E-state index contributed by atoms with van der Waals surface area (Å²) in [5.74, 6) is -0.981. The highest BCUT2D eigenvalue weighted by Gasteiger charge is 2.57. The van der Waals surface area contributed by atoms with Crippen molar-refractivity contribution in [1.29, 1.82) is 0 Å². The summed E-state index contributed by atoms with van der Waals surface area (Å²) in [5.41, 5.74) is 2.74. The molecular weight excluding hydrogens is 579 g/mol. The zero-order chi connectivity index (χ0) is 31.1. The third-order valence-corrected chi connectivity index (χ3v) is 11.9. The third kappa shape index (κ3) is 8.71. The lowest BCUT2D eigenvalue weighted by molar-refractivity contribution is -0.284. The molecule has 2 saturated carbocycles. The van der Waals surface area contributed by atoms with Gasteiger partial charge in [0.15, 0.2) is 0 Å². The van der Waals surface area contributed by atoms with E-state index in [0.717, 1.165) is 63.5 Å². The van der Waals surface area contributed by atoms with Crippen LogP contribution in [0.3, 0.4) is 0 Å². The van der Waals surface area contributed by atoms with Gasteiger partial charge in [0.05, 0.1) is 6.10 Å². The van der Waals surface area contributed by atoms with E-state index in [-0.39, 0.29) is 17.9 Å². The number of allylic oxidation sites excluding steroid dienone is 2. The largest absolute Gasteiger partial charge is 0.508 e. The molecule has 4 unspecified atom stereocenters. The van der Waals surface area contributed by atoms with Crippen molar-refractivity contribution < 1.29 is 32.2 Å². The number of fused-ring (bicyclic) bond motifs is 5. The quantitative estimate of drug-likeness (QED) is 0.108. The fraction of sp³-hybridized carbons (Fsp3) is 0.771. The molecule has 3 aliphatic rings. The molecule has 1 aromatic rings. The molecule has 0 heterocycles. The van der Waals surface area contributed by atoms with Crippen molar-refractivity contribution in [3.63, 3.8) is 0 Å². The van der Waals surface area contributed by atoms with Crippen LogP contribution >= 0.6 is 11.8 Å². The number of rotatable bonds is 16. The van der Waals surface area contributed by atoms with Crippen LogP contribution in [0.25, 0.3) is 0 Å². The lowest BCUT2D eigenvalue weighted by Gasteiger charge is -2.52. The van der Waals surface area contributed by atoms with Crippen LogP contribution in [-0.2, 0) is 6.42 Å². The highest BCUT2D eigenvalue weighted by Crippen LogP contribution is 2.62. The van der Waals surface area contributed by atoms with E-state index in [1.54, 1.807) is 0 Å². The van der Waals surface area contributed by atoms with Crippen molar-refractivity contribution in [3.8, 4) is 5.75 Å². The van der Waals surface area contributed by atoms with Crippen LogP contribution in [0.4, 0.5) is 22.0 Å². The smallest absolute Gasteiger partial charge is 0.453 e. The molecule has 2 nitrogen and oxygen atoms in total. The second-order valence-electron chi connectivity index (χ2n) is 13.6. The number of benzene rings is 1. The molecule has 6 atom stereocenters. The third-order valence-electron chi connectivity index (χ3n) is 10.7. The van der Waals surface area contributed by atoms with E-state index >= 15 is 0 Å². The van der Waals surface area contributed by atoms with Gasteiger partial charge >= 0.3 is 12.1 Å². The molecule has 43 heavy (non-hydrogen) atoms. The molecule has 244 valence electrons. The summed E-state index contributed by atoms with van der Waals surface area (Å²) in [6, 6.07) is 5.95. The van der Waals surface area contributed by atoms with Gasteiger partial charge in [0.2, 0.25) is 0 Å². The number of thioether (sulfide) groups is 1. The Labute approximate surface area is 259 Å². The highest BCUT2D eigenvalue weighted by atomic mass is 32.2. The molecule has 4 rings (SSSR count).